The normalized spacial score (nSPS) is 16.4. The van der Waals surface area contributed by atoms with Crippen LogP contribution in [0.5, 0.6) is 23.0 Å². The first-order valence-electron chi connectivity index (χ1n) is 14.0. The lowest BCUT2D eigenvalue weighted by Crippen LogP contribution is -2.40. The molecule has 1 N–H and O–H groups in total. The number of tetrazole rings is 1. The fraction of sp³-hybridized carbons (Fsp3) is 0.333. The molecule has 0 saturated carbocycles. The van der Waals surface area contributed by atoms with Crippen molar-refractivity contribution in [3.8, 4) is 28.7 Å². The molecule has 5 aromatic rings. The Morgan fingerprint density at radius 1 is 0.952 bits per heavy atom. The van der Waals surface area contributed by atoms with Crippen LogP contribution in [0.3, 0.4) is 0 Å². The van der Waals surface area contributed by atoms with Gasteiger partial charge in [-0.05, 0) is 53.6 Å². The van der Waals surface area contributed by atoms with Gasteiger partial charge >= 0.3 is 5.69 Å². The molecule has 12 heteroatoms. The van der Waals surface area contributed by atoms with E-state index in [1.807, 2.05) is 65.2 Å². The molecule has 0 bridgehead atoms. The minimum atomic E-state index is -0.362. The van der Waals surface area contributed by atoms with Crippen LogP contribution in [0.1, 0.15) is 36.3 Å². The fourth-order valence-electron chi connectivity index (χ4n) is 6.18. The summed E-state index contributed by atoms with van der Waals surface area (Å²) < 4.78 is 26.7. The van der Waals surface area contributed by atoms with Crippen LogP contribution in [0, 0.1) is 0 Å². The number of benzene rings is 3. The van der Waals surface area contributed by atoms with Gasteiger partial charge in [0, 0.05) is 30.8 Å². The number of aromatic nitrogens is 6. The summed E-state index contributed by atoms with van der Waals surface area (Å²) in [5.74, 6) is 3.22. The van der Waals surface area contributed by atoms with Gasteiger partial charge in [0.1, 0.15) is 19.3 Å². The van der Waals surface area contributed by atoms with Crippen molar-refractivity contribution in [3.63, 3.8) is 0 Å². The number of aromatic amines is 1. The van der Waals surface area contributed by atoms with Gasteiger partial charge < -0.3 is 23.9 Å². The highest BCUT2D eigenvalue weighted by Crippen LogP contribution is 2.42. The van der Waals surface area contributed by atoms with E-state index in [1.165, 1.54) is 0 Å². The Kier molecular flexibility index (Phi) is 6.74. The number of piperidine rings is 1. The quantitative estimate of drug-likeness (QED) is 0.314. The molecule has 1 unspecified atom stereocenters. The smallest absolute Gasteiger partial charge is 0.326 e. The molecule has 7 rings (SSSR count). The van der Waals surface area contributed by atoms with Crippen molar-refractivity contribution in [1.29, 1.82) is 0 Å². The molecule has 0 amide bonds. The fourth-order valence-corrected chi connectivity index (χ4v) is 6.18. The molecule has 216 valence electrons. The minimum absolute atomic E-state index is 0.0616. The number of rotatable bonds is 7. The third-order valence-electron chi connectivity index (χ3n) is 8.09. The largest absolute Gasteiger partial charge is 0.493 e. The average molecular weight is 570 g/mol. The standard InChI is InChI=1S/C30H31N7O5/c1-39-25-9-5-6-21(28(25)40-2)27(29-32-33-34-37(29)20-10-11-24-26(18-20)42-17-16-41-24)35-14-12-19(13-15-35)36-23-8-4-3-7-22(23)31-30(36)38/h3-11,18-19,27H,12-17H2,1-2H3,(H,31,38). The van der Waals surface area contributed by atoms with Crippen molar-refractivity contribution in [3.05, 3.63) is 82.5 Å². The molecule has 2 aliphatic heterocycles. The van der Waals surface area contributed by atoms with Crippen LogP contribution >= 0.6 is 0 Å². The number of ether oxygens (including phenoxy) is 4. The lowest BCUT2D eigenvalue weighted by Gasteiger charge is -2.38. The van der Waals surface area contributed by atoms with Crippen molar-refractivity contribution in [2.75, 3.05) is 40.5 Å². The van der Waals surface area contributed by atoms with E-state index >= 15 is 0 Å². The van der Waals surface area contributed by atoms with Gasteiger partial charge in [0.2, 0.25) is 0 Å². The predicted molar refractivity (Wildman–Crippen MR) is 154 cm³/mol. The number of nitrogens with zero attached hydrogens (tertiary/aromatic N) is 6. The zero-order valence-corrected chi connectivity index (χ0v) is 23.4. The van der Waals surface area contributed by atoms with Crippen LogP contribution in [0.2, 0.25) is 0 Å². The third kappa shape index (κ3) is 4.44. The van der Waals surface area contributed by atoms with Crippen LogP contribution in [-0.4, -0.2) is 75.2 Å². The minimum Gasteiger partial charge on any atom is -0.493 e. The summed E-state index contributed by atoms with van der Waals surface area (Å²) in [5, 5.41) is 13.0. The number of H-pyrrole nitrogens is 1. The van der Waals surface area contributed by atoms with E-state index in [0.29, 0.717) is 55.1 Å². The maximum atomic E-state index is 12.9. The van der Waals surface area contributed by atoms with Crippen molar-refractivity contribution >= 4 is 11.0 Å². The van der Waals surface area contributed by atoms with E-state index in [0.717, 1.165) is 35.1 Å². The first kappa shape index (κ1) is 26.1. The number of likely N-dealkylation sites (tertiary alicyclic amines) is 1. The number of imidazole rings is 1. The average Bonchev–Trinajstić information content (AvgIpc) is 3.65. The van der Waals surface area contributed by atoms with Gasteiger partial charge in [-0.2, -0.15) is 4.68 Å². The van der Waals surface area contributed by atoms with Gasteiger partial charge in [0.05, 0.1) is 30.9 Å². The predicted octanol–water partition coefficient (Wildman–Crippen LogP) is 3.52. The Morgan fingerprint density at radius 3 is 2.57 bits per heavy atom. The van der Waals surface area contributed by atoms with Gasteiger partial charge in [-0.3, -0.25) is 9.47 Å². The molecule has 3 aromatic carbocycles. The van der Waals surface area contributed by atoms with Gasteiger partial charge in [-0.25, -0.2) is 4.79 Å². The summed E-state index contributed by atoms with van der Waals surface area (Å²) in [6.07, 6.45) is 1.55. The molecule has 4 heterocycles. The zero-order valence-electron chi connectivity index (χ0n) is 23.4. The monoisotopic (exact) mass is 569 g/mol. The molecule has 1 atom stereocenters. The Balaban J connectivity index is 1.27. The molecule has 0 aliphatic carbocycles. The number of methoxy groups -OCH3 is 2. The summed E-state index contributed by atoms with van der Waals surface area (Å²) in [7, 11) is 3.26. The van der Waals surface area contributed by atoms with Crippen LogP contribution in [0.15, 0.2) is 65.5 Å². The van der Waals surface area contributed by atoms with E-state index in [4.69, 9.17) is 18.9 Å². The van der Waals surface area contributed by atoms with Crippen molar-refractivity contribution in [2.45, 2.75) is 24.9 Å². The molecule has 2 aromatic heterocycles. The maximum absolute atomic E-state index is 12.9. The number of para-hydroxylation sites is 3. The Morgan fingerprint density at radius 2 is 1.76 bits per heavy atom. The molecule has 1 fully saturated rings. The van der Waals surface area contributed by atoms with Gasteiger partial charge in [0.25, 0.3) is 0 Å². The first-order valence-corrected chi connectivity index (χ1v) is 14.0. The van der Waals surface area contributed by atoms with Crippen LogP contribution in [0.25, 0.3) is 16.7 Å². The molecule has 1 saturated heterocycles. The Hall–Kier alpha value is -4.84. The van der Waals surface area contributed by atoms with E-state index in [1.54, 1.807) is 18.9 Å². The SMILES string of the molecule is COc1cccc(C(c2nnnn2-c2ccc3c(c2)OCCO3)N2CCC(n3c(=O)[nH]c4ccccc43)CC2)c1OC. The second kappa shape index (κ2) is 10.9. The molecular formula is C30H31N7O5. The number of hydrogen-bond acceptors (Lipinski definition) is 9. The summed E-state index contributed by atoms with van der Waals surface area (Å²) in [4.78, 5) is 18.3. The highest BCUT2D eigenvalue weighted by Gasteiger charge is 2.35. The molecule has 42 heavy (non-hydrogen) atoms. The van der Waals surface area contributed by atoms with E-state index in [-0.39, 0.29) is 17.8 Å². The van der Waals surface area contributed by atoms with Crippen molar-refractivity contribution < 1.29 is 18.9 Å². The van der Waals surface area contributed by atoms with Crippen molar-refractivity contribution in [2.24, 2.45) is 0 Å². The van der Waals surface area contributed by atoms with Crippen LogP contribution in [0.4, 0.5) is 0 Å². The third-order valence-corrected chi connectivity index (χ3v) is 8.09. The maximum Gasteiger partial charge on any atom is 0.326 e. The Bertz CT molecular complexity index is 1790. The lowest BCUT2D eigenvalue weighted by atomic mass is 9.97. The molecule has 0 spiro atoms. The first-order chi connectivity index (χ1) is 20.7. The molecular weight excluding hydrogens is 538 g/mol. The summed E-state index contributed by atoms with van der Waals surface area (Å²) in [6, 6.07) is 19.0. The van der Waals surface area contributed by atoms with Gasteiger partial charge in [-0.15, -0.1) is 5.10 Å². The lowest BCUT2D eigenvalue weighted by molar-refractivity contribution is 0.146. The van der Waals surface area contributed by atoms with Crippen LogP contribution in [-0.2, 0) is 0 Å². The van der Waals surface area contributed by atoms with Gasteiger partial charge in [0.15, 0.2) is 28.8 Å². The summed E-state index contributed by atoms with van der Waals surface area (Å²) in [5.41, 5.74) is 3.33. The zero-order chi connectivity index (χ0) is 28.6. The highest BCUT2D eigenvalue weighted by atomic mass is 16.6. The van der Waals surface area contributed by atoms with E-state index in [2.05, 4.69) is 25.4 Å². The molecule has 12 nitrogen and oxygen atoms in total. The number of hydrogen-bond donors (Lipinski definition) is 1. The summed E-state index contributed by atoms with van der Waals surface area (Å²) >= 11 is 0. The highest BCUT2D eigenvalue weighted by molar-refractivity contribution is 5.75. The van der Waals surface area contributed by atoms with Crippen LogP contribution < -0.4 is 24.6 Å². The van der Waals surface area contributed by atoms with Gasteiger partial charge in [-0.1, -0.05) is 24.3 Å². The molecule has 0 radical (unpaired) electrons. The van der Waals surface area contributed by atoms with E-state index in [9.17, 15) is 4.79 Å². The van der Waals surface area contributed by atoms with E-state index < -0.39 is 0 Å². The molecule has 2 aliphatic rings. The number of fused-ring (bicyclic) bond motifs is 2. The Labute approximate surface area is 241 Å². The topological polar surface area (TPSA) is 122 Å². The summed E-state index contributed by atoms with van der Waals surface area (Å²) in [6.45, 7) is 2.41. The second-order valence-electron chi connectivity index (χ2n) is 10.3. The number of nitrogens with one attached hydrogen (secondary N) is 1. The second-order valence-corrected chi connectivity index (χ2v) is 10.3. The van der Waals surface area contributed by atoms with Crippen molar-refractivity contribution in [1.82, 2.24) is 34.7 Å².